The second-order valence-electron chi connectivity index (χ2n) is 4.47. The minimum absolute atomic E-state index is 0.0383. The zero-order valence-corrected chi connectivity index (χ0v) is 10.5. The van der Waals surface area contributed by atoms with Gasteiger partial charge in [-0.05, 0) is 30.3 Å². The van der Waals surface area contributed by atoms with Gasteiger partial charge < -0.3 is 24.8 Å². The van der Waals surface area contributed by atoms with E-state index in [-0.39, 0.29) is 28.6 Å². The molecule has 0 unspecified atom stereocenters. The molecule has 1 heterocycles. The van der Waals surface area contributed by atoms with Crippen LogP contribution in [0.4, 0.5) is 0 Å². The molecule has 0 bridgehead atoms. The van der Waals surface area contributed by atoms with Gasteiger partial charge in [0.05, 0.1) is 0 Å². The van der Waals surface area contributed by atoms with Gasteiger partial charge in [0.1, 0.15) is 11.5 Å². The van der Waals surface area contributed by atoms with Crippen molar-refractivity contribution in [1.29, 1.82) is 0 Å². The number of hydrogen-bond acceptors (Lipinski definition) is 6. The van der Waals surface area contributed by atoms with Crippen molar-refractivity contribution in [2.45, 2.75) is 0 Å². The highest BCUT2D eigenvalue weighted by atomic mass is 16.4. The van der Waals surface area contributed by atoms with Crippen molar-refractivity contribution in [3.63, 3.8) is 0 Å². The molecule has 1 aliphatic heterocycles. The number of fused-ring (bicyclic) bond motifs is 1. The highest BCUT2D eigenvalue weighted by Gasteiger charge is 2.17. The average Bonchev–Trinajstić information content (AvgIpc) is 2.47. The first kappa shape index (κ1) is 12.9. The number of rotatable bonds is 1. The number of hydrogen-bond donors (Lipinski definition) is 3. The lowest BCUT2D eigenvalue weighted by atomic mass is 10.1. The molecular weight excluding hydrogens is 276 g/mol. The van der Waals surface area contributed by atoms with Crippen molar-refractivity contribution < 1.29 is 24.8 Å². The first-order chi connectivity index (χ1) is 9.97. The number of aromatic hydroxyl groups is 3. The van der Waals surface area contributed by atoms with Crippen molar-refractivity contribution in [1.82, 2.24) is 0 Å². The van der Waals surface area contributed by atoms with E-state index in [9.17, 15) is 25.2 Å². The summed E-state index contributed by atoms with van der Waals surface area (Å²) in [5.74, 6) is -2.06. The van der Waals surface area contributed by atoms with Gasteiger partial charge in [-0.15, -0.1) is 0 Å². The van der Waals surface area contributed by atoms with Crippen LogP contribution in [0.25, 0.3) is 22.6 Å². The van der Waals surface area contributed by atoms with E-state index in [1.54, 1.807) is 0 Å². The Balaban J connectivity index is 2.29. The Morgan fingerprint density at radius 1 is 1.00 bits per heavy atom. The van der Waals surface area contributed by atoms with E-state index in [0.29, 0.717) is 5.56 Å². The Kier molecular flexibility index (Phi) is 2.72. The van der Waals surface area contributed by atoms with Gasteiger partial charge in [-0.3, -0.25) is 4.79 Å². The van der Waals surface area contributed by atoms with Crippen molar-refractivity contribution in [2.75, 3.05) is 0 Å². The fourth-order valence-corrected chi connectivity index (χ4v) is 2.02. The molecule has 3 rings (SSSR count). The van der Waals surface area contributed by atoms with Crippen LogP contribution < -0.4 is 10.5 Å². The molecule has 6 heteroatoms. The van der Waals surface area contributed by atoms with Gasteiger partial charge in [-0.2, -0.15) is 0 Å². The smallest absolute Gasteiger partial charge is 0.223 e. The molecule has 6 nitrogen and oxygen atoms in total. The van der Waals surface area contributed by atoms with Gasteiger partial charge in [0, 0.05) is 17.2 Å². The number of phenols is 2. The summed E-state index contributed by atoms with van der Waals surface area (Å²) in [7, 11) is 0. The van der Waals surface area contributed by atoms with Crippen molar-refractivity contribution in [3.05, 3.63) is 46.6 Å². The maximum atomic E-state index is 11.7. The molecule has 1 aromatic rings. The van der Waals surface area contributed by atoms with E-state index in [1.807, 2.05) is 0 Å². The second-order valence-corrected chi connectivity index (χ2v) is 4.47. The molecule has 0 amide bonds. The first-order valence-corrected chi connectivity index (χ1v) is 5.96. The largest absolute Gasteiger partial charge is 0.869 e. The summed E-state index contributed by atoms with van der Waals surface area (Å²) in [6.07, 6.45) is 0. The third-order valence-electron chi connectivity index (χ3n) is 3.08. The summed E-state index contributed by atoms with van der Waals surface area (Å²) in [6, 6.07) is 7.94. The van der Waals surface area contributed by atoms with Gasteiger partial charge in [0.25, 0.3) is 0 Å². The molecule has 106 valence electrons. The van der Waals surface area contributed by atoms with Crippen LogP contribution in [0.15, 0.2) is 45.6 Å². The predicted octanol–water partition coefficient (Wildman–Crippen LogP) is 1.60. The minimum atomic E-state index is -0.908. The molecule has 0 spiro atoms. The second kappa shape index (κ2) is 4.45. The maximum absolute atomic E-state index is 11.7. The molecule has 2 aliphatic rings. The minimum Gasteiger partial charge on any atom is -0.869 e. The summed E-state index contributed by atoms with van der Waals surface area (Å²) in [4.78, 5) is 11.4. The average molecular weight is 285 g/mol. The van der Waals surface area contributed by atoms with E-state index in [1.165, 1.54) is 24.3 Å². The summed E-state index contributed by atoms with van der Waals surface area (Å²) in [5.41, 5.74) is -0.481. The molecular formula is C15H9O6-. The molecule has 3 N–H and O–H groups in total. The van der Waals surface area contributed by atoms with Gasteiger partial charge in [0.15, 0.2) is 17.3 Å². The topological polar surface area (TPSA) is 114 Å². The Labute approximate surface area is 118 Å². The van der Waals surface area contributed by atoms with Crippen molar-refractivity contribution in [3.8, 4) is 45.6 Å². The standard InChI is InChI=1S/C15H10O6/c16-8-3-1-7(2-4-8)15-11(18)5-9-12(21-15)6-10(17)14(20)13(9)19/h1-6,16,18-20H/p-1. The monoisotopic (exact) mass is 285 g/mol. The van der Waals surface area contributed by atoms with Crippen LogP contribution in [0, 0.1) is 0 Å². The van der Waals surface area contributed by atoms with Crippen LogP contribution in [0.5, 0.6) is 23.0 Å². The molecule has 0 saturated carbocycles. The molecule has 0 saturated heterocycles. The zero-order valence-electron chi connectivity index (χ0n) is 10.5. The molecule has 0 atom stereocenters. The van der Waals surface area contributed by atoms with E-state index in [4.69, 9.17) is 4.42 Å². The first-order valence-electron chi connectivity index (χ1n) is 5.96. The Morgan fingerprint density at radius 2 is 1.67 bits per heavy atom. The van der Waals surface area contributed by atoms with Crippen LogP contribution in [0.1, 0.15) is 0 Å². The Morgan fingerprint density at radius 3 is 2.33 bits per heavy atom. The third kappa shape index (κ3) is 2.02. The van der Waals surface area contributed by atoms with Crippen LogP contribution in [-0.2, 0) is 0 Å². The summed E-state index contributed by atoms with van der Waals surface area (Å²) >= 11 is 0. The summed E-state index contributed by atoms with van der Waals surface area (Å²) < 4.78 is 5.39. The summed E-state index contributed by atoms with van der Waals surface area (Å²) in [6.45, 7) is 0. The highest BCUT2D eigenvalue weighted by molar-refractivity contribution is 5.76. The Hall–Kier alpha value is -3.15. The van der Waals surface area contributed by atoms with Crippen molar-refractivity contribution >= 4 is 0 Å². The quantitative estimate of drug-likeness (QED) is 0.625. The van der Waals surface area contributed by atoms with Crippen molar-refractivity contribution in [2.24, 2.45) is 0 Å². The Bertz CT molecular complexity index is 847. The molecule has 0 fully saturated rings. The molecule has 21 heavy (non-hydrogen) atoms. The van der Waals surface area contributed by atoms with E-state index >= 15 is 0 Å². The molecule has 1 aromatic carbocycles. The van der Waals surface area contributed by atoms with Gasteiger partial charge in [0.2, 0.25) is 5.43 Å². The van der Waals surface area contributed by atoms with Crippen LogP contribution >= 0.6 is 0 Å². The van der Waals surface area contributed by atoms with Gasteiger partial charge in [-0.25, -0.2) is 0 Å². The molecule has 0 radical (unpaired) electrons. The lowest BCUT2D eigenvalue weighted by molar-refractivity contribution is -0.269. The fourth-order valence-electron chi connectivity index (χ4n) is 2.02. The van der Waals surface area contributed by atoms with Crippen LogP contribution in [0.2, 0.25) is 0 Å². The number of phenolic OH excluding ortho intramolecular Hbond substituents is 2. The maximum Gasteiger partial charge on any atom is 0.223 e. The summed E-state index contributed by atoms with van der Waals surface area (Å²) in [5, 5.41) is 40.3. The third-order valence-corrected chi connectivity index (χ3v) is 3.08. The lowest BCUT2D eigenvalue weighted by Gasteiger charge is -2.17. The predicted molar refractivity (Wildman–Crippen MR) is 71.5 cm³/mol. The van der Waals surface area contributed by atoms with Crippen LogP contribution in [0.3, 0.4) is 0 Å². The molecule has 1 aliphatic carbocycles. The normalized spacial score (nSPS) is 10.9. The zero-order chi connectivity index (χ0) is 15.1. The molecule has 0 aromatic heterocycles. The van der Waals surface area contributed by atoms with Gasteiger partial charge >= 0.3 is 0 Å². The van der Waals surface area contributed by atoms with E-state index < -0.39 is 16.9 Å². The SMILES string of the molecule is O=c1cc2oc(-c3ccc(O)cc3)c(O)cc-2c([O-])c1O. The number of benzene rings is 2. The fraction of sp³-hybridized carbons (Fsp3) is 0. The van der Waals surface area contributed by atoms with Gasteiger partial charge in [-0.1, -0.05) is 5.75 Å². The van der Waals surface area contributed by atoms with E-state index in [0.717, 1.165) is 12.1 Å². The highest BCUT2D eigenvalue weighted by Crippen LogP contribution is 2.41. The lowest BCUT2D eigenvalue weighted by Crippen LogP contribution is -2.06. The van der Waals surface area contributed by atoms with Crippen LogP contribution in [-0.4, -0.2) is 15.3 Å². The van der Waals surface area contributed by atoms with E-state index in [2.05, 4.69) is 0 Å².